The second-order valence-electron chi connectivity index (χ2n) is 7.01. The van der Waals surface area contributed by atoms with Crippen LogP contribution in [-0.4, -0.2) is 29.9 Å². The molecule has 0 bridgehead atoms. The lowest BCUT2D eigenvalue weighted by Crippen LogP contribution is -2.38. The van der Waals surface area contributed by atoms with Gasteiger partial charge in [0.15, 0.2) is 0 Å². The van der Waals surface area contributed by atoms with E-state index in [0.29, 0.717) is 12.5 Å². The molecule has 1 aromatic rings. The van der Waals surface area contributed by atoms with Crippen LogP contribution in [0.2, 0.25) is 0 Å². The van der Waals surface area contributed by atoms with Crippen LogP contribution in [0.25, 0.3) is 0 Å². The molecule has 1 unspecified atom stereocenters. The number of carbonyl (C=O) groups excluding carboxylic acids is 1. The maximum atomic E-state index is 12.0. The van der Waals surface area contributed by atoms with E-state index in [4.69, 9.17) is 0 Å². The number of nitrogens with zero attached hydrogens (tertiary/aromatic N) is 1. The van der Waals surface area contributed by atoms with Crippen LogP contribution in [0.15, 0.2) is 30.3 Å². The molecule has 3 nitrogen and oxygen atoms in total. The molecule has 0 saturated carbocycles. The van der Waals surface area contributed by atoms with Gasteiger partial charge in [0.05, 0.1) is 0 Å². The summed E-state index contributed by atoms with van der Waals surface area (Å²) in [6.07, 6.45) is 1.66. The number of amides is 1. The van der Waals surface area contributed by atoms with Crippen molar-refractivity contribution in [2.45, 2.75) is 46.2 Å². The van der Waals surface area contributed by atoms with Crippen LogP contribution >= 0.6 is 0 Å². The van der Waals surface area contributed by atoms with Gasteiger partial charge >= 0.3 is 0 Å². The Morgan fingerprint density at radius 2 is 2.00 bits per heavy atom. The minimum atomic E-state index is 0.0619. The van der Waals surface area contributed by atoms with E-state index in [1.54, 1.807) is 0 Å². The van der Waals surface area contributed by atoms with Crippen LogP contribution in [0.4, 0.5) is 0 Å². The summed E-state index contributed by atoms with van der Waals surface area (Å²) in [7, 11) is 0. The second kappa shape index (κ2) is 6.40. The molecule has 1 heterocycles. The van der Waals surface area contributed by atoms with Crippen molar-refractivity contribution in [2.24, 2.45) is 5.41 Å². The van der Waals surface area contributed by atoms with E-state index in [1.165, 1.54) is 5.56 Å². The second-order valence-corrected chi connectivity index (χ2v) is 7.01. The first-order chi connectivity index (χ1) is 9.42. The zero-order valence-electron chi connectivity index (χ0n) is 12.9. The Bertz CT molecular complexity index is 436. The molecule has 1 fully saturated rings. The fraction of sp³-hybridized carbons (Fsp3) is 0.588. The van der Waals surface area contributed by atoms with Gasteiger partial charge in [-0.2, -0.15) is 0 Å². The predicted octanol–water partition coefficient (Wildman–Crippen LogP) is 2.81. The highest BCUT2D eigenvalue weighted by Crippen LogP contribution is 2.19. The Balaban J connectivity index is 1.77. The monoisotopic (exact) mass is 274 g/mol. The van der Waals surface area contributed by atoms with Gasteiger partial charge in [-0.3, -0.25) is 9.69 Å². The maximum Gasteiger partial charge on any atom is 0.220 e. The fourth-order valence-electron chi connectivity index (χ4n) is 2.70. The first-order valence-electron chi connectivity index (χ1n) is 7.48. The van der Waals surface area contributed by atoms with Crippen LogP contribution in [0.1, 0.15) is 39.2 Å². The summed E-state index contributed by atoms with van der Waals surface area (Å²) in [6, 6.07) is 10.8. The molecule has 1 N–H and O–H groups in total. The average molecular weight is 274 g/mol. The Morgan fingerprint density at radius 3 is 2.65 bits per heavy atom. The van der Waals surface area contributed by atoms with E-state index in [2.05, 4.69) is 55.3 Å². The molecule has 1 atom stereocenters. The van der Waals surface area contributed by atoms with Crippen molar-refractivity contribution >= 4 is 5.91 Å². The number of hydrogen-bond acceptors (Lipinski definition) is 2. The number of hydrogen-bond donors (Lipinski definition) is 1. The van der Waals surface area contributed by atoms with E-state index in [9.17, 15) is 4.79 Å². The van der Waals surface area contributed by atoms with E-state index < -0.39 is 0 Å². The van der Waals surface area contributed by atoms with Gasteiger partial charge in [-0.1, -0.05) is 51.1 Å². The van der Waals surface area contributed by atoms with Crippen molar-refractivity contribution < 1.29 is 4.79 Å². The predicted molar refractivity (Wildman–Crippen MR) is 82.3 cm³/mol. The third-order valence-electron chi connectivity index (χ3n) is 3.58. The molecule has 20 heavy (non-hydrogen) atoms. The topological polar surface area (TPSA) is 32.3 Å². The van der Waals surface area contributed by atoms with Crippen molar-refractivity contribution in [1.29, 1.82) is 0 Å². The largest absolute Gasteiger partial charge is 0.352 e. The Morgan fingerprint density at radius 1 is 1.30 bits per heavy atom. The highest BCUT2D eigenvalue weighted by molar-refractivity contribution is 5.76. The van der Waals surface area contributed by atoms with Gasteiger partial charge in [0.1, 0.15) is 0 Å². The highest BCUT2D eigenvalue weighted by Gasteiger charge is 2.25. The van der Waals surface area contributed by atoms with E-state index in [1.807, 2.05) is 6.07 Å². The van der Waals surface area contributed by atoms with E-state index in [0.717, 1.165) is 26.1 Å². The van der Waals surface area contributed by atoms with Gasteiger partial charge in [0.2, 0.25) is 5.91 Å². The third-order valence-corrected chi connectivity index (χ3v) is 3.58. The molecule has 1 saturated heterocycles. The molecule has 2 rings (SSSR count). The number of nitrogens with one attached hydrogen (secondary N) is 1. The van der Waals surface area contributed by atoms with Crippen molar-refractivity contribution in [1.82, 2.24) is 10.2 Å². The Hall–Kier alpha value is -1.35. The molecule has 0 radical (unpaired) electrons. The van der Waals surface area contributed by atoms with Gasteiger partial charge in [-0.25, -0.2) is 0 Å². The third kappa shape index (κ3) is 4.97. The lowest BCUT2D eigenvalue weighted by molar-refractivity contribution is -0.123. The molecular formula is C17H26N2O. The fourth-order valence-corrected chi connectivity index (χ4v) is 2.70. The summed E-state index contributed by atoms with van der Waals surface area (Å²) < 4.78 is 0. The standard InChI is InChI=1S/C17H26N2O/c1-17(2,3)11-16(20)18-15-9-10-19(13-15)12-14-7-5-4-6-8-14/h4-8,15H,9-13H2,1-3H3,(H,18,20). The molecule has 110 valence electrons. The summed E-state index contributed by atoms with van der Waals surface area (Å²) in [6.45, 7) is 9.31. The van der Waals surface area contributed by atoms with Gasteiger partial charge in [0, 0.05) is 32.1 Å². The van der Waals surface area contributed by atoms with E-state index in [-0.39, 0.29) is 11.3 Å². The normalized spacial score (nSPS) is 20.1. The van der Waals surface area contributed by atoms with Gasteiger partial charge in [-0.05, 0) is 17.4 Å². The average Bonchev–Trinajstić information content (AvgIpc) is 2.75. The van der Waals surface area contributed by atoms with Gasteiger partial charge < -0.3 is 5.32 Å². The van der Waals surface area contributed by atoms with Crippen LogP contribution in [0.5, 0.6) is 0 Å². The molecule has 1 aliphatic rings. The smallest absolute Gasteiger partial charge is 0.220 e. The Kier molecular flexibility index (Phi) is 4.81. The van der Waals surface area contributed by atoms with E-state index >= 15 is 0 Å². The quantitative estimate of drug-likeness (QED) is 0.915. The Labute approximate surface area is 122 Å². The van der Waals surface area contributed by atoms with Crippen LogP contribution in [-0.2, 0) is 11.3 Å². The first kappa shape index (κ1) is 15.0. The molecule has 0 spiro atoms. The summed E-state index contributed by atoms with van der Waals surface area (Å²) in [5, 5.41) is 3.17. The molecule has 0 aromatic heterocycles. The van der Waals surface area contributed by atoms with Gasteiger partial charge in [-0.15, -0.1) is 0 Å². The van der Waals surface area contributed by atoms with Crippen LogP contribution < -0.4 is 5.32 Å². The molecular weight excluding hydrogens is 248 g/mol. The summed E-state index contributed by atoms with van der Waals surface area (Å²) in [5.41, 5.74) is 1.40. The SMILES string of the molecule is CC(C)(C)CC(=O)NC1CCN(Cc2ccccc2)C1. The molecule has 1 aromatic carbocycles. The number of benzene rings is 1. The minimum Gasteiger partial charge on any atom is -0.352 e. The highest BCUT2D eigenvalue weighted by atomic mass is 16.1. The molecule has 3 heteroatoms. The number of rotatable bonds is 4. The summed E-state index contributed by atoms with van der Waals surface area (Å²) in [5.74, 6) is 0.184. The number of likely N-dealkylation sites (tertiary alicyclic amines) is 1. The van der Waals surface area contributed by atoms with Crippen molar-refractivity contribution in [3.63, 3.8) is 0 Å². The van der Waals surface area contributed by atoms with Crippen LogP contribution in [0.3, 0.4) is 0 Å². The summed E-state index contributed by atoms with van der Waals surface area (Å²) >= 11 is 0. The minimum absolute atomic E-state index is 0.0619. The zero-order chi connectivity index (χ0) is 14.6. The first-order valence-corrected chi connectivity index (χ1v) is 7.48. The number of carbonyl (C=O) groups is 1. The van der Waals surface area contributed by atoms with Crippen molar-refractivity contribution in [3.8, 4) is 0 Å². The lowest BCUT2D eigenvalue weighted by atomic mass is 9.92. The van der Waals surface area contributed by atoms with Crippen molar-refractivity contribution in [2.75, 3.05) is 13.1 Å². The maximum absolute atomic E-state index is 12.0. The zero-order valence-corrected chi connectivity index (χ0v) is 12.9. The molecule has 0 aliphatic carbocycles. The van der Waals surface area contributed by atoms with Crippen LogP contribution in [0, 0.1) is 5.41 Å². The van der Waals surface area contributed by atoms with Crippen molar-refractivity contribution in [3.05, 3.63) is 35.9 Å². The lowest BCUT2D eigenvalue weighted by Gasteiger charge is -2.20. The summed E-state index contributed by atoms with van der Waals surface area (Å²) in [4.78, 5) is 14.4. The van der Waals surface area contributed by atoms with Gasteiger partial charge in [0.25, 0.3) is 0 Å². The molecule has 1 amide bonds. The molecule has 1 aliphatic heterocycles.